The molecule has 0 unspecified atom stereocenters. The molecule has 0 saturated carbocycles. The molecule has 0 bridgehead atoms. The minimum atomic E-state index is -0.101. The van der Waals surface area contributed by atoms with E-state index < -0.39 is 0 Å². The molecule has 1 aromatic carbocycles. The van der Waals surface area contributed by atoms with Gasteiger partial charge in [-0.3, -0.25) is 9.69 Å². The fourth-order valence-electron chi connectivity index (χ4n) is 2.78. The Bertz CT molecular complexity index is 715. The van der Waals surface area contributed by atoms with Crippen LogP contribution in [0.2, 0.25) is 0 Å². The van der Waals surface area contributed by atoms with Crippen LogP contribution in [0.1, 0.15) is 13.8 Å². The van der Waals surface area contributed by atoms with Crippen molar-refractivity contribution in [1.82, 2.24) is 30.4 Å². The fraction of sp³-hybridized carbons (Fsp3) is 0.529. The monoisotopic (exact) mass is 376 g/mol. The first-order valence-electron chi connectivity index (χ1n) is 8.62. The number of hydrogen-bond acceptors (Lipinski definition) is 7. The van der Waals surface area contributed by atoms with Gasteiger partial charge in [0.15, 0.2) is 0 Å². The number of ether oxygens (including phenoxy) is 1. The van der Waals surface area contributed by atoms with Crippen molar-refractivity contribution in [2.45, 2.75) is 24.5 Å². The van der Waals surface area contributed by atoms with Crippen LogP contribution in [0.15, 0.2) is 35.5 Å². The molecule has 0 radical (unpaired) electrons. The highest BCUT2D eigenvalue weighted by Crippen LogP contribution is 2.18. The fourth-order valence-corrected chi connectivity index (χ4v) is 3.50. The zero-order chi connectivity index (χ0) is 18.4. The van der Waals surface area contributed by atoms with E-state index in [1.165, 1.54) is 11.8 Å². The SMILES string of the molecule is CC(C)(CNC(=O)CSc1nnnn1-c1ccccc1)N1CCOCC1. The van der Waals surface area contributed by atoms with Crippen LogP contribution in [-0.2, 0) is 9.53 Å². The second kappa shape index (κ2) is 8.61. The first-order chi connectivity index (χ1) is 12.6. The van der Waals surface area contributed by atoms with E-state index in [4.69, 9.17) is 4.74 Å². The van der Waals surface area contributed by atoms with Crippen LogP contribution in [-0.4, -0.2) is 75.2 Å². The molecule has 1 fully saturated rings. The zero-order valence-electron chi connectivity index (χ0n) is 15.1. The Balaban J connectivity index is 1.50. The molecule has 0 atom stereocenters. The van der Waals surface area contributed by atoms with Gasteiger partial charge in [0.1, 0.15) is 0 Å². The number of benzene rings is 1. The Morgan fingerprint density at radius 1 is 1.27 bits per heavy atom. The van der Waals surface area contributed by atoms with Gasteiger partial charge in [0, 0.05) is 25.2 Å². The average Bonchev–Trinajstić information content (AvgIpc) is 3.15. The number of amides is 1. The second-order valence-electron chi connectivity index (χ2n) is 6.69. The summed E-state index contributed by atoms with van der Waals surface area (Å²) in [5.41, 5.74) is 0.768. The lowest BCUT2D eigenvalue weighted by atomic mass is 10.0. The van der Waals surface area contributed by atoms with Crippen molar-refractivity contribution in [2.75, 3.05) is 38.6 Å². The molecule has 1 aliphatic heterocycles. The minimum Gasteiger partial charge on any atom is -0.379 e. The predicted octanol–water partition coefficient (Wildman–Crippen LogP) is 0.981. The molecule has 1 aromatic heterocycles. The number of morpholine rings is 1. The first-order valence-corrected chi connectivity index (χ1v) is 9.61. The summed E-state index contributed by atoms with van der Waals surface area (Å²) in [6.07, 6.45) is 0. The topological polar surface area (TPSA) is 85.2 Å². The number of aromatic nitrogens is 4. The van der Waals surface area contributed by atoms with Crippen molar-refractivity contribution >= 4 is 17.7 Å². The maximum atomic E-state index is 12.3. The Kier molecular flexibility index (Phi) is 6.23. The zero-order valence-corrected chi connectivity index (χ0v) is 15.9. The van der Waals surface area contributed by atoms with Gasteiger partial charge in [-0.2, -0.15) is 4.68 Å². The second-order valence-corrected chi connectivity index (χ2v) is 7.63. The predicted molar refractivity (Wildman–Crippen MR) is 99.4 cm³/mol. The molecular weight excluding hydrogens is 352 g/mol. The molecule has 0 aliphatic carbocycles. The molecule has 2 aromatic rings. The number of tetrazole rings is 1. The quantitative estimate of drug-likeness (QED) is 0.721. The number of rotatable bonds is 7. The lowest BCUT2D eigenvalue weighted by Crippen LogP contribution is -2.55. The first kappa shape index (κ1) is 18.8. The Morgan fingerprint density at radius 3 is 2.73 bits per heavy atom. The van der Waals surface area contributed by atoms with E-state index in [-0.39, 0.29) is 17.2 Å². The summed E-state index contributed by atoms with van der Waals surface area (Å²) in [7, 11) is 0. The van der Waals surface area contributed by atoms with Gasteiger partial charge in [-0.15, -0.1) is 5.10 Å². The van der Waals surface area contributed by atoms with Crippen LogP contribution in [0.5, 0.6) is 0 Å². The van der Waals surface area contributed by atoms with Crippen LogP contribution in [0.3, 0.4) is 0 Å². The molecule has 2 heterocycles. The number of carbonyl (C=O) groups is 1. The molecule has 26 heavy (non-hydrogen) atoms. The van der Waals surface area contributed by atoms with Crippen LogP contribution >= 0.6 is 11.8 Å². The lowest BCUT2D eigenvalue weighted by molar-refractivity contribution is -0.119. The van der Waals surface area contributed by atoms with Crippen molar-refractivity contribution in [3.8, 4) is 5.69 Å². The van der Waals surface area contributed by atoms with E-state index in [1.807, 2.05) is 30.3 Å². The highest BCUT2D eigenvalue weighted by atomic mass is 32.2. The van der Waals surface area contributed by atoms with Crippen LogP contribution in [0.25, 0.3) is 5.69 Å². The Morgan fingerprint density at radius 2 is 2.00 bits per heavy atom. The van der Waals surface area contributed by atoms with Crippen molar-refractivity contribution in [2.24, 2.45) is 0 Å². The van der Waals surface area contributed by atoms with Crippen LogP contribution in [0.4, 0.5) is 0 Å². The number of para-hydroxylation sites is 1. The number of carbonyl (C=O) groups excluding carboxylic acids is 1. The van der Waals surface area contributed by atoms with Gasteiger partial charge >= 0.3 is 0 Å². The number of nitrogens with one attached hydrogen (secondary N) is 1. The van der Waals surface area contributed by atoms with E-state index >= 15 is 0 Å². The third-order valence-electron chi connectivity index (χ3n) is 4.36. The smallest absolute Gasteiger partial charge is 0.230 e. The molecule has 1 saturated heterocycles. The van der Waals surface area contributed by atoms with Gasteiger partial charge in [0.2, 0.25) is 11.1 Å². The summed E-state index contributed by atoms with van der Waals surface area (Å²) in [6.45, 7) is 8.15. The van der Waals surface area contributed by atoms with Gasteiger partial charge < -0.3 is 10.1 Å². The molecule has 9 heteroatoms. The van der Waals surface area contributed by atoms with Crippen molar-refractivity contribution in [1.29, 1.82) is 0 Å². The molecule has 1 N–H and O–H groups in total. The third-order valence-corrected chi connectivity index (χ3v) is 5.28. The highest BCUT2D eigenvalue weighted by molar-refractivity contribution is 7.99. The van der Waals surface area contributed by atoms with E-state index in [0.717, 1.165) is 32.0 Å². The lowest BCUT2D eigenvalue weighted by Gasteiger charge is -2.40. The van der Waals surface area contributed by atoms with Crippen molar-refractivity contribution < 1.29 is 9.53 Å². The summed E-state index contributed by atoms with van der Waals surface area (Å²) >= 11 is 1.32. The largest absolute Gasteiger partial charge is 0.379 e. The molecule has 140 valence electrons. The molecular formula is C17H24N6O2S. The summed E-state index contributed by atoms with van der Waals surface area (Å²) in [5.74, 6) is 0.241. The van der Waals surface area contributed by atoms with Gasteiger partial charge in [0.05, 0.1) is 24.7 Å². The molecule has 3 rings (SSSR count). The van der Waals surface area contributed by atoms with E-state index in [1.54, 1.807) is 4.68 Å². The van der Waals surface area contributed by atoms with Crippen molar-refractivity contribution in [3.05, 3.63) is 30.3 Å². The van der Waals surface area contributed by atoms with E-state index in [0.29, 0.717) is 11.7 Å². The third kappa shape index (κ3) is 4.80. The number of thioether (sulfide) groups is 1. The van der Waals surface area contributed by atoms with E-state index in [9.17, 15) is 4.79 Å². The molecule has 8 nitrogen and oxygen atoms in total. The highest BCUT2D eigenvalue weighted by Gasteiger charge is 2.28. The summed E-state index contributed by atoms with van der Waals surface area (Å²) in [4.78, 5) is 14.6. The van der Waals surface area contributed by atoms with Crippen LogP contribution in [0, 0.1) is 0 Å². The maximum absolute atomic E-state index is 12.3. The van der Waals surface area contributed by atoms with Gasteiger partial charge in [-0.05, 0) is 36.4 Å². The molecule has 0 spiro atoms. The Labute approximate surface area is 157 Å². The minimum absolute atomic E-state index is 0.0288. The number of hydrogen-bond donors (Lipinski definition) is 1. The Hall–Kier alpha value is -1.97. The van der Waals surface area contributed by atoms with Gasteiger partial charge in [-0.25, -0.2) is 0 Å². The standard InChI is InChI=1S/C17H24N6O2S/c1-17(2,22-8-10-25-11-9-22)13-18-15(24)12-26-16-19-20-21-23(16)14-6-4-3-5-7-14/h3-7H,8-13H2,1-2H3,(H,18,24). The van der Waals surface area contributed by atoms with Crippen molar-refractivity contribution in [3.63, 3.8) is 0 Å². The summed E-state index contributed by atoms with van der Waals surface area (Å²) in [5, 5.41) is 15.3. The summed E-state index contributed by atoms with van der Waals surface area (Å²) < 4.78 is 7.03. The normalized spacial score (nSPS) is 15.8. The number of nitrogens with zero attached hydrogens (tertiary/aromatic N) is 5. The maximum Gasteiger partial charge on any atom is 0.230 e. The van der Waals surface area contributed by atoms with Crippen LogP contribution < -0.4 is 5.32 Å². The van der Waals surface area contributed by atoms with Gasteiger partial charge in [-0.1, -0.05) is 30.0 Å². The van der Waals surface area contributed by atoms with E-state index in [2.05, 4.69) is 39.6 Å². The molecule has 1 amide bonds. The average molecular weight is 376 g/mol. The molecule has 1 aliphatic rings. The summed E-state index contributed by atoms with van der Waals surface area (Å²) in [6, 6.07) is 9.62. The van der Waals surface area contributed by atoms with Gasteiger partial charge in [0.25, 0.3) is 0 Å².